The third-order valence-corrected chi connectivity index (χ3v) is 8.82. The third kappa shape index (κ3) is 4.39. The van der Waals surface area contributed by atoms with Crippen LogP contribution in [0.25, 0.3) is 0 Å². The van der Waals surface area contributed by atoms with Gasteiger partial charge in [0.15, 0.2) is 18.2 Å². The summed E-state index contributed by atoms with van der Waals surface area (Å²) >= 11 is 0. The van der Waals surface area contributed by atoms with E-state index in [1.807, 2.05) is 42.5 Å². The highest BCUT2D eigenvalue weighted by Crippen LogP contribution is 2.44. The number of fused-ring (bicyclic) bond motifs is 3. The van der Waals surface area contributed by atoms with Crippen molar-refractivity contribution in [1.29, 1.82) is 0 Å². The zero-order valence-corrected chi connectivity index (χ0v) is 20.8. The Kier molecular flexibility index (Phi) is 6.21. The molecule has 190 valence electrons. The van der Waals surface area contributed by atoms with Gasteiger partial charge in [0.25, 0.3) is 11.8 Å². The lowest BCUT2D eigenvalue weighted by Crippen LogP contribution is -2.64. The van der Waals surface area contributed by atoms with E-state index in [0.29, 0.717) is 30.0 Å². The van der Waals surface area contributed by atoms with Gasteiger partial charge < -0.3 is 23.9 Å². The maximum atomic E-state index is 12.1. The first kappa shape index (κ1) is 23.5. The van der Waals surface area contributed by atoms with Crippen LogP contribution in [0.2, 0.25) is 0 Å². The van der Waals surface area contributed by atoms with Crippen LogP contribution in [0.3, 0.4) is 0 Å². The second-order valence-corrected chi connectivity index (χ2v) is 11.1. The highest BCUT2D eigenvalue weighted by Gasteiger charge is 2.49. The number of rotatable bonds is 7. The summed E-state index contributed by atoms with van der Waals surface area (Å²) in [5.74, 6) is 2.45. The SMILES string of the molecule is Oc1cccc(O[C@H]2C[N+]3(Cc4nnc([C@](O)(c5ccccc5)C5CCCCC5)o4)CCC2CC3)c1. The number of hydrogen-bond donors (Lipinski definition) is 2. The molecule has 2 atom stereocenters. The van der Waals surface area contributed by atoms with Gasteiger partial charge in [0.2, 0.25) is 0 Å². The second kappa shape index (κ2) is 9.52. The van der Waals surface area contributed by atoms with Crippen LogP contribution in [-0.2, 0) is 12.1 Å². The van der Waals surface area contributed by atoms with Crippen molar-refractivity contribution in [3.63, 3.8) is 0 Å². The minimum Gasteiger partial charge on any atom is -0.508 e. The Morgan fingerprint density at radius 3 is 2.47 bits per heavy atom. The predicted molar refractivity (Wildman–Crippen MR) is 134 cm³/mol. The molecule has 36 heavy (non-hydrogen) atoms. The molecule has 0 unspecified atom stereocenters. The molecule has 7 nitrogen and oxygen atoms in total. The zero-order valence-electron chi connectivity index (χ0n) is 20.8. The molecule has 1 saturated carbocycles. The van der Waals surface area contributed by atoms with Crippen molar-refractivity contribution in [3.05, 3.63) is 71.9 Å². The Morgan fingerprint density at radius 2 is 1.72 bits per heavy atom. The summed E-state index contributed by atoms with van der Waals surface area (Å²) in [7, 11) is 0. The summed E-state index contributed by atoms with van der Waals surface area (Å²) in [5, 5.41) is 30.9. The van der Waals surface area contributed by atoms with E-state index in [2.05, 4.69) is 10.2 Å². The van der Waals surface area contributed by atoms with Crippen molar-refractivity contribution in [2.45, 2.75) is 63.2 Å². The van der Waals surface area contributed by atoms with Crippen LogP contribution in [0.4, 0.5) is 0 Å². The topological polar surface area (TPSA) is 88.6 Å². The fourth-order valence-electron chi connectivity index (χ4n) is 6.81. The number of aromatic nitrogens is 2. The number of piperidine rings is 3. The van der Waals surface area contributed by atoms with E-state index < -0.39 is 5.60 Å². The molecule has 1 aliphatic carbocycles. The number of quaternary nitrogens is 1. The largest absolute Gasteiger partial charge is 0.508 e. The number of aliphatic hydroxyl groups is 1. The molecule has 1 aromatic heterocycles. The zero-order chi connectivity index (χ0) is 24.6. The number of phenolic OH excluding ortho intramolecular Hbond substituents is 1. The molecule has 3 aliphatic heterocycles. The van der Waals surface area contributed by atoms with E-state index in [9.17, 15) is 10.2 Å². The lowest BCUT2D eigenvalue weighted by Gasteiger charge is -2.51. The Balaban J connectivity index is 1.23. The van der Waals surface area contributed by atoms with Crippen LogP contribution < -0.4 is 4.74 Å². The van der Waals surface area contributed by atoms with E-state index in [0.717, 1.165) is 68.2 Å². The predicted octanol–water partition coefficient (Wildman–Crippen LogP) is 4.78. The van der Waals surface area contributed by atoms with Gasteiger partial charge in [-0.3, -0.25) is 0 Å². The second-order valence-electron chi connectivity index (χ2n) is 11.1. The van der Waals surface area contributed by atoms with Crippen molar-refractivity contribution >= 4 is 0 Å². The molecule has 4 fully saturated rings. The Labute approximate surface area is 212 Å². The van der Waals surface area contributed by atoms with Crippen LogP contribution in [0.5, 0.6) is 11.5 Å². The molecule has 2 bridgehead atoms. The van der Waals surface area contributed by atoms with Gasteiger partial charge in [0.05, 0.1) is 13.1 Å². The first-order valence-electron chi connectivity index (χ1n) is 13.5. The summed E-state index contributed by atoms with van der Waals surface area (Å²) in [5.41, 5.74) is -0.430. The summed E-state index contributed by atoms with van der Waals surface area (Å²) < 4.78 is 13.5. The molecule has 4 heterocycles. The average molecular weight is 491 g/mol. The first-order chi connectivity index (χ1) is 17.5. The molecule has 2 N–H and O–H groups in total. The monoisotopic (exact) mass is 490 g/mol. The summed E-state index contributed by atoms with van der Waals surface area (Å²) in [6.07, 6.45) is 7.65. The molecule has 7 rings (SSSR count). The molecule has 0 amide bonds. The number of phenols is 1. The van der Waals surface area contributed by atoms with Crippen LogP contribution >= 0.6 is 0 Å². The van der Waals surface area contributed by atoms with Gasteiger partial charge in [-0.25, -0.2) is 0 Å². The number of hydrogen-bond acceptors (Lipinski definition) is 6. The number of aromatic hydroxyl groups is 1. The quantitative estimate of drug-likeness (QED) is 0.464. The normalized spacial score (nSPS) is 28.0. The van der Waals surface area contributed by atoms with Crippen molar-refractivity contribution < 1.29 is 23.9 Å². The molecular weight excluding hydrogens is 454 g/mol. The van der Waals surface area contributed by atoms with Gasteiger partial charge in [0.1, 0.15) is 18.0 Å². The van der Waals surface area contributed by atoms with Gasteiger partial charge >= 0.3 is 0 Å². The fraction of sp³-hybridized carbons (Fsp3) is 0.517. The third-order valence-electron chi connectivity index (χ3n) is 8.82. The minimum atomic E-state index is -1.26. The lowest BCUT2D eigenvalue weighted by molar-refractivity contribution is -0.959. The molecule has 3 saturated heterocycles. The number of ether oxygens (including phenoxy) is 1. The number of benzene rings is 2. The van der Waals surface area contributed by atoms with Gasteiger partial charge in [-0.05, 0) is 30.5 Å². The molecule has 0 spiro atoms. The highest BCUT2D eigenvalue weighted by molar-refractivity contribution is 5.32. The van der Waals surface area contributed by atoms with E-state index >= 15 is 0 Å². The summed E-state index contributed by atoms with van der Waals surface area (Å²) in [6, 6.07) is 16.9. The van der Waals surface area contributed by atoms with E-state index in [1.54, 1.807) is 12.1 Å². The molecule has 4 aliphatic rings. The van der Waals surface area contributed by atoms with Gasteiger partial charge in [0, 0.05) is 30.7 Å². The first-order valence-corrected chi connectivity index (χ1v) is 13.5. The molecule has 0 radical (unpaired) electrons. The summed E-state index contributed by atoms with van der Waals surface area (Å²) in [4.78, 5) is 0. The molecule has 3 aromatic rings. The maximum absolute atomic E-state index is 12.1. The fourth-order valence-corrected chi connectivity index (χ4v) is 6.81. The van der Waals surface area contributed by atoms with Crippen LogP contribution in [0.15, 0.2) is 59.0 Å². The van der Waals surface area contributed by atoms with Gasteiger partial charge in [-0.15, -0.1) is 10.2 Å². The Bertz CT molecular complexity index is 1170. The maximum Gasteiger partial charge on any atom is 0.271 e. The van der Waals surface area contributed by atoms with Crippen molar-refractivity contribution in [3.8, 4) is 11.5 Å². The van der Waals surface area contributed by atoms with Gasteiger partial charge in [-0.2, -0.15) is 0 Å². The van der Waals surface area contributed by atoms with Crippen molar-refractivity contribution in [2.24, 2.45) is 11.8 Å². The average Bonchev–Trinajstić information content (AvgIpc) is 3.38. The highest BCUT2D eigenvalue weighted by atomic mass is 16.5. The number of nitrogens with zero attached hydrogens (tertiary/aromatic N) is 3. The van der Waals surface area contributed by atoms with Crippen LogP contribution in [0.1, 0.15) is 62.3 Å². The summed E-state index contributed by atoms with van der Waals surface area (Å²) in [6.45, 7) is 3.65. The smallest absolute Gasteiger partial charge is 0.271 e. The molecule has 7 heteroatoms. The van der Waals surface area contributed by atoms with Crippen molar-refractivity contribution in [1.82, 2.24) is 10.2 Å². The van der Waals surface area contributed by atoms with E-state index in [4.69, 9.17) is 9.15 Å². The standard InChI is InChI=1S/C29H35N3O4/c33-24-12-7-13-25(18-24)35-26-19-32(16-14-21(26)15-17-32)20-27-30-31-28(36-27)29(34,22-8-3-1-4-9-22)23-10-5-2-6-11-23/h1,3-4,7-9,12-13,18,21,23,26,34H,2,5-6,10-11,14-17,19-20H2/p+1/t21?,26-,29-,32?/m0/s1. The lowest BCUT2D eigenvalue weighted by atomic mass is 9.73. The Hall–Kier alpha value is -2.90. The van der Waals surface area contributed by atoms with E-state index in [1.165, 1.54) is 6.42 Å². The Morgan fingerprint density at radius 1 is 0.944 bits per heavy atom. The molecular formula is C29H36N3O4+. The van der Waals surface area contributed by atoms with Crippen LogP contribution in [-0.4, -0.2) is 50.6 Å². The molecule has 2 aromatic carbocycles. The van der Waals surface area contributed by atoms with Gasteiger partial charge in [-0.1, -0.05) is 55.7 Å². The van der Waals surface area contributed by atoms with Crippen molar-refractivity contribution in [2.75, 3.05) is 19.6 Å². The van der Waals surface area contributed by atoms with Crippen LogP contribution in [0, 0.1) is 11.8 Å². The van der Waals surface area contributed by atoms with E-state index in [-0.39, 0.29) is 17.8 Å². The minimum absolute atomic E-state index is 0.0693.